The zero-order valence-corrected chi connectivity index (χ0v) is 9.43. The van der Waals surface area contributed by atoms with E-state index in [1.165, 1.54) is 12.1 Å². The van der Waals surface area contributed by atoms with E-state index in [1.807, 2.05) is 13.8 Å². The van der Waals surface area contributed by atoms with Crippen molar-refractivity contribution in [1.29, 1.82) is 0 Å². The van der Waals surface area contributed by atoms with Crippen LogP contribution in [0.15, 0.2) is 16.9 Å². The van der Waals surface area contributed by atoms with E-state index in [9.17, 15) is 9.59 Å². The Labute approximate surface area is 93.5 Å². The average Bonchev–Trinajstić information content (AvgIpc) is 2.20. The van der Waals surface area contributed by atoms with Gasteiger partial charge in [-0.1, -0.05) is 13.8 Å². The first kappa shape index (κ1) is 12.2. The first-order valence-corrected chi connectivity index (χ1v) is 5.09. The molecule has 0 aromatic carbocycles. The summed E-state index contributed by atoms with van der Waals surface area (Å²) in [5.41, 5.74) is 5.08. The van der Waals surface area contributed by atoms with Crippen LogP contribution < -0.4 is 16.6 Å². The van der Waals surface area contributed by atoms with Crippen molar-refractivity contribution in [2.45, 2.75) is 20.4 Å². The molecular weight excluding hydrogens is 208 g/mol. The number of rotatable bonds is 4. The minimum absolute atomic E-state index is 0.101. The molecular formula is C10H16N4O2. The molecule has 6 nitrogen and oxygen atoms in total. The Balaban J connectivity index is 2.62. The van der Waals surface area contributed by atoms with Gasteiger partial charge in [-0.3, -0.25) is 9.59 Å². The predicted octanol–water partition coefficient (Wildman–Crippen LogP) is -0.402. The molecule has 1 aromatic heterocycles. The summed E-state index contributed by atoms with van der Waals surface area (Å²) in [7, 11) is 0. The van der Waals surface area contributed by atoms with Gasteiger partial charge < -0.3 is 11.1 Å². The van der Waals surface area contributed by atoms with E-state index < -0.39 is 0 Å². The topological polar surface area (TPSA) is 90.0 Å². The molecule has 16 heavy (non-hydrogen) atoms. The third-order valence-electron chi connectivity index (χ3n) is 1.89. The number of hydrogen-bond donors (Lipinski definition) is 2. The average molecular weight is 224 g/mol. The fraction of sp³-hybridized carbons (Fsp3) is 0.500. The largest absolute Gasteiger partial charge is 0.382 e. The Kier molecular flexibility index (Phi) is 4.04. The Morgan fingerprint density at radius 1 is 1.56 bits per heavy atom. The fourth-order valence-electron chi connectivity index (χ4n) is 1.09. The number of amides is 1. The lowest BCUT2D eigenvalue weighted by Crippen LogP contribution is -2.35. The lowest BCUT2D eigenvalue weighted by atomic mass is 10.2. The molecule has 0 aliphatic carbocycles. The van der Waals surface area contributed by atoms with Gasteiger partial charge in [0, 0.05) is 12.6 Å². The van der Waals surface area contributed by atoms with Crippen LogP contribution in [-0.4, -0.2) is 22.2 Å². The van der Waals surface area contributed by atoms with Gasteiger partial charge in [0.1, 0.15) is 12.4 Å². The zero-order valence-electron chi connectivity index (χ0n) is 9.43. The summed E-state index contributed by atoms with van der Waals surface area (Å²) in [6, 6.07) is 2.70. The lowest BCUT2D eigenvalue weighted by Gasteiger charge is -2.08. The number of nitrogens with two attached hydrogens (primary N) is 1. The van der Waals surface area contributed by atoms with Crippen LogP contribution in [0.3, 0.4) is 0 Å². The first-order valence-electron chi connectivity index (χ1n) is 5.09. The van der Waals surface area contributed by atoms with E-state index in [4.69, 9.17) is 5.73 Å². The number of aromatic nitrogens is 2. The molecule has 1 amide bonds. The van der Waals surface area contributed by atoms with Crippen LogP contribution >= 0.6 is 0 Å². The van der Waals surface area contributed by atoms with Crippen molar-refractivity contribution in [1.82, 2.24) is 15.1 Å². The minimum Gasteiger partial charge on any atom is -0.382 e. The van der Waals surface area contributed by atoms with Gasteiger partial charge in [0.25, 0.3) is 5.56 Å². The maximum absolute atomic E-state index is 11.4. The number of nitrogens with zero attached hydrogens (tertiary/aromatic N) is 2. The van der Waals surface area contributed by atoms with E-state index in [1.54, 1.807) is 0 Å². The number of nitrogen functional groups attached to an aromatic ring is 1. The summed E-state index contributed by atoms with van der Waals surface area (Å²) >= 11 is 0. The highest BCUT2D eigenvalue weighted by molar-refractivity contribution is 5.75. The quantitative estimate of drug-likeness (QED) is 0.728. The zero-order chi connectivity index (χ0) is 12.1. The van der Waals surface area contributed by atoms with Gasteiger partial charge in [0.2, 0.25) is 5.91 Å². The molecule has 0 unspecified atom stereocenters. The van der Waals surface area contributed by atoms with E-state index in [-0.39, 0.29) is 23.8 Å². The molecule has 1 rings (SSSR count). The molecule has 88 valence electrons. The SMILES string of the molecule is CC(C)CNC(=O)Cn1nc(N)ccc1=O. The molecule has 1 heterocycles. The van der Waals surface area contributed by atoms with Crippen LogP contribution in [0.5, 0.6) is 0 Å². The van der Waals surface area contributed by atoms with Gasteiger partial charge in [-0.15, -0.1) is 0 Å². The minimum atomic E-state index is -0.339. The van der Waals surface area contributed by atoms with Crippen molar-refractivity contribution in [2.24, 2.45) is 5.92 Å². The summed E-state index contributed by atoms with van der Waals surface area (Å²) in [4.78, 5) is 22.7. The van der Waals surface area contributed by atoms with Crippen molar-refractivity contribution in [3.05, 3.63) is 22.5 Å². The van der Waals surface area contributed by atoms with E-state index in [0.717, 1.165) is 4.68 Å². The lowest BCUT2D eigenvalue weighted by molar-refractivity contribution is -0.122. The number of hydrogen-bond acceptors (Lipinski definition) is 4. The maximum Gasteiger partial charge on any atom is 0.267 e. The first-order chi connectivity index (χ1) is 7.49. The van der Waals surface area contributed by atoms with Gasteiger partial charge >= 0.3 is 0 Å². The second kappa shape index (κ2) is 5.29. The van der Waals surface area contributed by atoms with Gasteiger partial charge in [0.05, 0.1) is 0 Å². The van der Waals surface area contributed by atoms with Crippen molar-refractivity contribution >= 4 is 11.7 Å². The van der Waals surface area contributed by atoms with Crippen molar-refractivity contribution in [2.75, 3.05) is 12.3 Å². The van der Waals surface area contributed by atoms with Gasteiger partial charge in [-0.2, -0.15) is 5.10 Å². The van der Waals surface area contributed by atoms with Crippen molar-refractivity contribution < 1.29 is 4.79 Å². The van der Waals surface area contributed by atoms with Gasteiger partial charge in [0.15, 0.2) is 0 Å². The van der Waals surface area contributed by atoms with Crippen LogP contribution in [-0.2, 0) is 11.3 Å². The molecule has 0 fully saturated rings. The summed E-state index contributed by atoms with van der Waals surface area (Å²) in [6.45, 7) is 4.46. The Bertz CT molecular complexity index is 425. The van der Waals surface area contributed by atoms with Crippen LogP contribution in [0.4, 0.5) is 5.82 Å². The third kappa shape index (κ3) is 3.72. The summed E-state index contributed by atoms with van der Waals surface area (Å²) in [6.07, 6.45) is 0. The van der Waals surface area contributed by atoms with Crippen molar-refractivity contribution in [3.8, 4) is 0 Å². The highest BCUT2D eigenvalue weighted by Gasteiger charge is 2.06. The van der Waals surface area contributed by atoms with Crippen LogP contribution in [0.25, 0.3) is 0 Å². The summed E-state index contributed by atoms with van der Waals surface area (Å²) in [5.74, 6) is 0.347. The summed E-state index contributed by atoms with van der Waals surface area (Å²) < 4.78 is 1.05. The van der Waals surface area contributed by atoms with E-state index >= 15 is 0 Å². The highest BCUT2D eigenvalue weighted by atomic mass is 16.2. The Hall–Kier alpha value is -1.85. The molecule has 1 aromatic rings. The number of carbonyl (C=O) groups is 1. The van der Waals surface area contributed by atoms with Crippen LogP contribution in [0.1, 0.15) is 13.8 Å². The smallest absolute Gasteiger partial charge is 0.267 e. The number of anilines is 1. The third-order valence-corrected chi connectivity index (χ3v) is 1.89. The normalized spacial score (nSPS) is 10.4. The molecule has 0 atom stereocenters. The van der Waals surface area contributed by atoms with Gasteiger partial charge in [-0.25, -0.2) is 4.68 Å². The number of nitrogens with one attached hydrogen (secondary N) is 1. The summed E-state index contributed by atoms with van der Waals surface area (Å²) in [5, 5.41) is 6.46. The molecule has 0 saturated heterocycles. The standard InChI is InChI=1S/C10H16N4O2/c1-7(2)5-12-9(15)6-14-10(16)4-3-8(11)13-14/h3-4,7H,5-6H2,1-2H3,(H2,11,13)(H,12,15). The van der Waals surface area contributed by atoms with Crippen molar-refractivity contribution in [3.63, 3.8) is 0 Å². The Morgan fingerprint density at radius 2 is 2.25 bits per heavy atom. The molecule has 3 N–H and O–H groups in total. The number of carbonyl (C=O) groups excluding carboxylic acids is 1. The predicted molar refractivity (Wildman–Crippen MR) is 60.8 cm³/mol. The van der Waals surface area contributed by atoms with Crippen LogP contribution in [0, 0.1) is 5.92 Å². The molecule has 6 heteroatoms. The molecule has 0 saturated carbocycles. The maximum atomic E-state index is 11.4. The monoisotopic (exact) mass is 224 g/mol. The van der Waals surface area contributed by atoms with Crippen LogP contribution in [0.2, 0.25) is 0 Å². The second-order valence-corrected chi connectivity index (χ2v) is 3.95. The molecule has 0 bridgehead atoms. The van der Waals surface area contributed by atoms with Gasteiger partial charge in [-0.05, 0) is 12.0 Å². The molecule has 0 aliphatic rings. The second-order valence-electron chi connectivity index (χ2n) is 3.95. The molecule has 0 spiro atoms. The molecule has 0 radical (unpaired) electrons. The fourth-order valence-corrected chi connectivity index (χ4v) is 1.09. The van der Waals surface area contributed by atoms with E-state index in [2.05, 4.69) is 10.4 Å². The van der Waals surface area contributed by atoms with E-state index in [0.29, 0.717) is 12.5 Å². The highest BCUT2D eigenvalue weighted by Crippen LogP contribution is 1.90. The molecule has 0 aliphatic heterocycles. The Morgan fingerprint density at radius 3 is 2.88 bits per heavy atom.